The van der Waals surface area contributed by atoms with Gasteiger partial charge in [-0.1, -0.05) is 23.8 Å². The van der Waals surface area contributed by atoms with Crippen molar-refractivity contribution in [2.24, 2.45) is 0 Å². The average molecular weight is 147 g/mol. The summed E-state index contributed by atoms with van der Waals surface area (Å²) in [5, 5.41) is 9.25. The monoisotopic (exact) mass is 147 g/mol. The van der Waals surface area contributed by atoms with E-state index >= 15 is 0 Å². The molecule has 1 atom stereocenters. The molecule has 1 aromatic carbocycles. The molecule has 0 fully saturated rings. The highest BCUT2D eigenvalue weighted by molar-refractivity contribution is 6.49. The average Bonchev–Trinajstić information content (AvgIpc) is 2.35. The van der Waals surface area contributed by atoms with Crippen molar-refractivity contribution in [2.45, 2.75) is 13.2 Å². The van der Waals surface area contributed by atoms with Crippen LogP contribution in [-0.4, -0.2) is 12.6 Å². The fraction of sp³-hybridized carbons (Fsp3) is 0.250. The van der Waals surface area contributed by atoms with Gasteiger partial charge < -0.3 is 9.76 Å². The summed E-state index contributed by atoms with van der Waals surface area (Å²) in [6.45, 7) is 2.00. The number of aliphatic hydroxyl groups is 1. The lowest BCUT2D eigenvalue weighted by atomic mass is 9.83. The fourth-order valence-corrected chi connectivity index (χ4v) is 1.29. The number of hydrogen-bond acceptors (Lipinski definition) is 2. The molecular formula is C8H8BO2. The van der Waals surface area contributed by atoms with Crippen LogP contribution in [0.1, 0.15) is 17.4 Å². The van der Waals surface area contributed by atoms with Gasteiger partial charge in [0.2, 0.25) is 0 Å². The van der Waals surface area contributed by atoms with E-state index in [0.717, 1.165) is 16.6 Å². The van der Waals surface area contributed by atoms with E-state index in [9.17, 15) is 5.11 Å². The highest BCUT2D eigenvalue weighted by atomic mass is 16.6. The first kappa shape index (κ1) is 6.89. The predicted molar refractivity (Wildman–Crippen MR) is 42.6 cm³/mol. The van der Waals surface area contributed by atoms with E-state index in [1.54, 1.807) is 7.48 Å². The maximum atomic E-state index is 9.25. The summed E-state index contributed by atoms with van der Waals surface area (Å²) >= 11 is 0. The Labute approximate surface area is 66.1 Å². The maximum Gasteiger partial charge on any atom is 0.334 e. The van der Waals surface area contributed by atoms with Crippen LogP contribution in [0, 0.1) is 6.92 Å². The summed E-state index contributed by atoms with van der Waals surface area (Å²) in [4.78, 5) is 0. The quantitative estimate of drug-likeness (QED) is 0.533. The van der Waals surface area contributed by atoms with Gasteiger partial charge in [-0.25, -0.2) is 0 Å². The first-order chi connectivity index (χ1) is 5.29. The highest BCUT2D eigenvalue weighted by Crippen LogP contribution is 2.18. The lowest BCUT2D eigenvalue weighted by Gasteiger charge is -2.03. The summed E-state index contributed by atoms with van der Waals surface area (Å²) in [6, 6.07) is 5.78. The first-order valence-corrected chi connectivity index (χ1v) is 3.55. The normalized spacial score (nSPS) is 21.1. The number of rotatable bonds is 0. The summed E-state index contributed by atoms with van der Waals surface area (Å²) in [5.74, 6) is 0. The molecule has 1 heterocycles. The molecule has 0 saturated heterocycles. The molecule has 0 bridgehead atoms. The molecule has 11 heavy (non-hydrogen) atoms. The zero-order valence-corrected chi connectivity index (χ0v) is 6.24. The third-order valence-corrected chi connectivity index (χ3v) is 1.94. The van der Waals surface area contributed by atoms with Gasteiger partial charge in [0.15, 0.2) is 6.29 Å². The van der Waals surface area contributed by atoms with E-state index in [1.807, 2.05) is 25.1 Å². The number of fused-ring (bicyclic) bond motifs is 1. The van der Waals surface area contributed by atoms with E-state index < -0.39 is 6.29 Å². The lowest BCUT2D eigenvalue weighted by molar-refractivity contribution is -0.00794. The Morgan fingerprint density at radius 1 is 1.55 bits per heavy atom. The van der Waals surface area contributed by atoms with Gasteiger partial charge in [-0.15, -0.1) is 0 Å². The van der Waals surface area contributed by atoms with Crippen LogP contribution in [0.5, 0.6) is 0 Å². The molecule has 0 saturated carbocycles. The van der Waals surface area contributed by atoms with Crippen molar-refractivity contribution in [1.29, 1.82) is 0 Å². The van der Waals surface area contributed by atoms with Gasteiger partial charge in [0.25, 0.3) is 0 Å². The van der Waals surface area contributed by atoms with Gasteiger partial charge >= 0.3 is 7.48 Å². The Kier molecular flexibility index (Phi) is 1.48. The van der Waals surface area contributed by atoms with Crippen molar-refractivity contribution in [3.63, 3.8) is 0 Å². The Hall–Kier alpha value is -0.795. The van der Waals surface area contributed by atoms with Crippen LogP contribution in [0.3, 0.4) is 0 Å². The minimum atomic E-state index is -0.759. The molecule has 2 nitrogen and oxygen atoms in total. The Bertz CT molecular complexity index is 285. The van der Waals surface area contributed by atoms with E-state index in [4.69, 9.17) is 4.65 Å². The van der Waals surface area contributed by atoms with Crippen LogP contribution in [0.2, 0.25) is 0 Å². The zero-order chi connectivity index (χ0) is 7.84. The van der Waals surface area contributed by atoms with Gasteiger partial charge in [-0.2, -0.15) is 0 Å². The molecule has 0 aliphatic carbocycles. The molecule has 1 aliphatic heterocycles. The molecule has 3 heteroatoms. The van der Waals surface area contributed by atoms with E-state index in [1.165, 1.54) is 0 Å². The third-order valence-electron chi connectivity index (χ3n) is 1.94. The second-order valence-corrected chi connectivity index (χ2v) is 2.68. The molecule has 0 aromatic heterocycles. The van der Waals surface area contributed by atoms with Crippen LogP contribution in [0.4, 0.5) is 0 Å². The molecule has 0 spiro atoms. The van der Waals surface area contributed by atoms with Crippen molar-refractivity contribution in [2.75, 3.05) is 0 Å². The molecule has 1 unspecified atom stereocenters. The van der Waals surface area contributed by atoms with Crippen molar-refractivity contribution in [3.05, 3.63) is 29.3 Å². The van der Waals surface area contributed by atoms with Crippen LogP contribution in [0.25, 0.3) is 0 Å². The van der Waals surface area contributed by atoms with Gasteiger partial charge in [-0.05, 0) is 12.4 Å². The van der Waals surface area contributed by atoms with E-state index in [2.05, 4.69) is 0 Å². The topological polar surface area (TPSA) is 29.5 Å². The number of hydrogen-bond donors (Lipinski definition) is 1. The Morgan fingerprint density at radius 2 is 2.36 bits per heavy atom. The predicted octanol–water partition coefficient (Wildman–Crippen LogP) is 0.261. The molecule has 2 rings (SSSR count). The maximum absolute atomic E-state index is 9.25. The Morgan fingerprint density at radius 3 is 3.09 bits per heavy atom. The summed E-state index contributed by atoms with van der Waals surface area (Å²) in [7, 11) is 1.61. The van der Waals surface area contributed by atoms with Crippen molar-refractivity contribution in [1.82, 2.24) is 0 Å². The van der Waals surface area contributed by atoms with Crippen LogP contribution < -0.4 is 5.46 Å². The van der Waals surface area contributed by atoms with Gasteiger partial charge in [0.05, 0.1) is 0 Å². The van der Waals surface area contributed by atoms with Crippen molar-refractivity contribution < 1.29 is 9.76 Å². The lowest BCUT2D eigenvalue weighted by Crippen LogP contribution is -2.14. The summed E-state index contributed by atoms with van der Waals surface area (Å²) in [6.07, 6.45) is -0.759. The van der Waals surface area contributed by atoms with Gasteiger partial charge in [-0.3, -0.25) is 0 Å². The minimum absolute atomic E-state index is 0.759. The zero-order valence-electron chi connectivity index (χ0n) is 6.24. The van der Waals surface area contributed by atoms with Crippen LogP contribution in [0.15, 0.2) is 18.2 Å². The van der Waals surface area contributed by atoms with Gasteiger partial charge in [0, 0.05) is 5.56 Å². The van der Waals surface area contributed by atoms with Crippen LogP contribution >= 0.6 is 0 Å². The largest absolute Gasteiger partial charge is 0.407 e. The second kappa shape index (κ2) is 2.36. The molecule has 1 aliphatic rings. The molecule has 55 valence electrons. The first-order valence-electron chi connectivity index (χ1n) is 3.55. The molecule has 1 radical (unpaired) electrons. The molecular weight excluding hydrogens is 139 g/mol. The minimum Gasteiger partial charge on any atom is -0.407 e. The highest BCUT2D eigenvalue weighted by Gasteiger charge is 2.22. The fourth-order valence-electron chi connectivity index (χ4n) is 1.29. The van der Waals surface area contributed by atoms with Crippen molar-refractivity contribution >= 4 is 12.9 Å². The summed E-state index contributed by atoms with van der Waals surface area (Å²) in [5.41, 5.74) is 3.02. The van der Waals surface area contributed by atoms with E-state index in [0.29, 0.717) is 0 Å². The van der Waals surface area contributed by atoms with Crippen molar-refractivity contribution in [3.8, 4) is 0 Å². The Balaban J connectivity index is 2.57. The molecule has 1 aromatic rings. The molecule has 1 N–H and O–H groups in total. The third kappa shape index (κ3) is 0.969. The standard InChI is InChI=1S/C8H8BO2/c1-5-3-2-4-6-7(5)9-11-8(6)10/h2-4,8,10H,1H3. The SMILES string of the molecule is Cc1cccc2c1[B]OC2O. The van der Waals surface area contributed by atoms with Gasteiger partial charge in [0.1, 0.15) is 0 Å². The smallest absolute Gasteiger partial charge is 0.334 e. The molecule has 0 amide bonds. The number of aliphatic hydroxyl groups excluding tert-OH is 1. The number of aryl methyl sites for hydroxylation is 1. The number of benzene rings is 1. The van der Waals surface area contributed by atoms with Crippen LogP contribution in [-0.2, 0) is 4.65 Å². The van der Waals surface area contributed by atoms with E-state index in [-0.39, 0.29) is 0 Å². The summed E-state index contributed by atoms with van der Waals surface area (Å²) < 4.78 is 4.93. The second-order valence-electron chi connectivity index (χ2n) is 2.68.